The van der Waals surface area contributed by atoms with Crippen LogP contribution in [0.3, 0.4) is 0 Å². The van der Waals surface area contributed by atoms with Gasteiger partial charge in [0.05, 0.1) is 0 Å². The SMILES string of the molecule is O=C(Oc1cccc(-c2ccc(C(=O)N3CCN(C(=O)C4(O)CC4)CC3)cc2)c1)C(O)O. The van der Waals surface area contributed by atoms with E-state index in [4.69, 9.17) is 14.9 Å². The molecule has 0 radical (unpaired) electrons. The molecule has 1 saturated heterocycles. The van der Waals surface area contributed by atoms with Gasteiger partial charge in [0.1, 0.15) is 11.4 Å². The van der Waals surface area contributed by atoms with Crippen molar-refractivity contribution in [2.75, 3.05) is 26.2 Å². The number of benzene rings is 2. The van der Waals surface area contributed by atoms with Crippen LogP contribution in [0.25, 0.3) is 11.1 Å². The van der Waals surface area contributed by atoms with Crippen molar-refractivity contribution in [1.82, 2.24) is 9.80 Å². The van der Waals surface area contributed by atoms with Gasteiger partial charge >= 0.3 is 5.97 Å². The number of esters is 1. The lowest BCUT2D eigenvalue weighted by molar-refractivity contribution is -0.162. The molecule has 9 heteroatoms. The second kappa shape index (κ2) is 8.70. The van der Waals surface area contributed by atoms with Gasteiger partial charge in [-0.25, -0.2) is 4.79 Å². The van der Waals surface area contributed by atoms with Crippen LogP contribution < -0.4 is 4.74 Å². The number of ether oxygens (including phenoxy) is 1. The van der Waals surface area contributed by atoms with Gasteiger partial charge < -0.3 is 29.9 Å². The first-order chi connectivity index (χ1) is 15.3. The Kier molecular flexibility index (Phi) is 5.96. The van der Waals surface area contributed by atoms with E-state index in [1.807, 2.05) is 0 Å². The quantitative estimate of drug-likeness (QED) is 0.348. The van der Waals surface area contributed by atoms with Gasteiger partial charge in [-0.05, 0) is 48.2 Å². The highest BCUT2D eigenvalue weighted by Gasteiger charge is 2.50. The number of hydrogen-bond donors (Lipinski definition) is 3. The van der Waals surface area contributed by atoms with Gasteiger partial charge in [-0.15, -0.1) is 0 Å². The van der Waals surface area contributed by atoms with E-state index < -0.39 is 17.9 Å². The summed E-state index contributed by atoms with van der Waals surface area (Å²) in [6, 6.07) is 13.5. The molecule has 1 saturated carbocycles. The van der Waals surface area contributed by atoms with E-state index in [0.717, 1.165) is 11.1 Å². The van der Waals surface area contributed by atoms with Gasteiger partial charge in [0.15, 0.2) is 0 Å². The Labute approximate surface area is 184 Å². The van der Waals surface area contributed by atoms with Crippen molar-refractivity contribution in [3.05, 3.63) is 54.1 Å². The second-order valence-electron chi connectivity index (χ2n) is 8.02. The molecule has 0 spiro atoms. The van der Waals surface area contributed by atoms with Gasteiger partial charge in [-0.1, -0.05) is 24.3 Å². The predicted octanol–water partition coefficient (Wildman–Crippen LogP) is 0.379. The topological polar surface area (TPSA) is 128 Å². The monoisotopic (exact) mass is 440 g/mol. The number of rotatable bonds is 5. The molecule has 1 heterocycles. The largest absolute Gasteiger partial charge is 0.423 e. The first-order valence-corrected chi connectivity index (χ1v) is 10.4. The van der Waals surface area contributed by atoms with Crippen molar-refractivity contribution in [3.63, 3.8) is 0 Å². The van der Waals surface area contributed by atoms with E-state index in [2.05, 4.69) is 0 Å². The first-order valence-electron chi connectivity index (χ1n) is 10.4. The van der Waals surface area contributed by atoms with E-state index in [-0.39, 0.29) is 17.6 Å². The van der Waals surface area contributed by atoms with Crippen LogP contribution in [-0.2, 0) is 9.59 Å². The Morgan fingerprint density at radius 2 is 1.50 bits per heavy atom. The van der Waals surface area contributed by atoms with Crippen molar-refractivity contribution in [2.24, 2.45) is 0 Å². The van der Waals surface area contributed by atoms with E-state index >= 15 is 0 Å². The predicted molar refractivity (Wildman–Crippen MR) is 112 cm³/mol. The first kappa shape index (κ1) is 21.9. The number of piperazine rings is 1. The minimum atomic E-state index is -2.21. The number of carbonyl (C=O) groups excluding carboxylic acids is 3. The minimum Gasteiger partial charge on any atom is -0.423 e. The number of nitrogens with zero attached hydrogens (tertiary/aromatic N) is 2. The molecule has 2 aromatic rings. The molecule has 1 aliphatic heterocycles. The average molecular weight is 440 g/mol. The molecule has 168 valence electrons. The maximum atomic E-state index is 12.8. The lowest BCUT2D eigenvalue weighted by atomic mass is 10.0. The Morgan fingerprint density at radius 3 is 2.09 bits per heavy atom. The third kappa shape index (κ3) is 4.64. The standard InChI is InChI=1S/C23H24N2O7/c26-19(24-10-12-25(13-11-24)22(30)23(31)8-9-23)16-6-4-15(5-7-16)17-2-1-3-18(14-17)32-21(29)20(27)28/h1-7,14,20,27-28,31H,8-13H2. The summed E-state index contributed by atoms with van der Waals surface area (Å²) in [6.45, 7) is 1.62. The van der Waals surface area contributed by atoms with Crippen molar-refractivity contribution < 1.29 is 34.4 Å². The van der Waals surface area contributed by atoms with Crippen LogP contribution in [0.1, 0.15) is 23.2 Å². The molecule has 0 bridgehead atoms. The number of aliphatic hydroxyl groups excluding tert-OH is 1. The third-order valence-electron chi connectivity index (χ3n) is 5.70. The van der Waals surface area contributed by atoms with Crippen LogP contribution in [0.2, 0.25) is 0 Å². The van der Waals surface area contributed by atoms with Crippen molar-refractivity contribution >= 4 is 17.8 Å². The second-order valence-corrected chi connectivity index (χ2v) is 8.02. The van der Waals surface area contributed by atoms with Crippen LogP contribution in [0.5, 0.6) is 5.75 Å². The normalized spacial score (nSPS) is 17.2. The molecular formula is C23H24N2O7. The summed E-state index contributed by atoms with van der Waals surface area (Å²) in [5.74, 6) is -1.37. The fourth-order valence-corrected chi connectivity index (χ4v) is 3.64. The summed E-state index contributed by atoms with van der Waals surface area (Å²) in [7, 11) is 0. The van der Waals surface area contributed by atoms with E-state index in [1.54, 1.807) is 52.3 Å². The van der Waals surface area contributed by atoms with Gasteiger partial charge in [0.2, 0.25) is 0 Å². The lowest BCUT2D eigenvalue weighted by Gasteiger charge is -2.35. The maximum Gasteiger partial charge on any atom is 0.368 e. The number of aliphatic hydroxyl groups is 3. The van der Waals surface area contributed by atoms with Gasteiger partial charge in [0, 0.05) is 31.7 Å². The highest BCUT2D eigenvalue weighted by atomic mass is 16.6. The molecule has 2 aromatic carbocycles. The third-order valence-corrected chi connectivity index (χ3v) is 5.70. The zero-order valence-electron chi connectivity index (χ0n) is 17.3. The Bertz CT molecular complexity index is 1020. The molecule has 2 aliphatic rings. The lowest BCUT2D eigenvalue weighted by Crippen LogP contribution is -2.53. The van der Waals surface area contributed by atoms with Crippen LogP contribution in [0.15, 0.2) is 48.5 Å². The summed E-state index contributed by atoms with van der Waals surface area (Å²) < 4.78 is 4.89. The van der Waals surface area contributed by atoms with Crippen molar-refractivity contribution in [3.8, 4) is 16.9 Å². The summed E-state index contributed by atoms with van der Waals surface area (Å²) in [6.07, 6.45) is -1.19. The number of amides is 2. The minimum absolute atomic E-state index is 0.131. The number of carbonyl (C=O) groups is 3. The molecule has 3 N–H and O–H groups in total. The molecule has 2 fully saturated rings. The maximum absolute atomic E-state index is 12.8. The molecule has 2 amide bonds. The smallest absolute Gasteiger partial charge is 0.368 e. The summed E-state index contributed by atoms with van der Waals surface area (Å²) in [4.78, 5) is 39.7. The highest BCUT2D eigenvalue weighted by molar-refractivity contribution is 5.95. The summed E-state index contributed by atoms with van der Waals surface area (Å²) in [5, 5.41) is 27.7. The zero-order valence-corrected chi connectivity index (χ0v) is 17.3. The molecule has 9 nitrogen and oxygen atoms in total. The van der Waals surface area contributed by atoms with Crippen molar-refractivity contribution in [2.45, 2.75) is 24.7 Å². The fraction of sp³-hybridized carbons (Fsp3) is 0.348. The van der Waals surface area contributed by atoms with E-state index in [0.29, 0.717) is 44.6 Å². The van der Waals surface area contributed by atoms with Crippen LogP contribution in [0, 0.1) is 0 Å². The highest BCUT2D eigenvalue weighted by Crippen LogP contribution is 2.37. The molecular weight excluding hydrogens is 416 g/mol. The molecule has 0 unspecified atom stereocenters. The Balaban J connectivity index is 1.38. The number of hydrogen-bond acceptors (Lipinski definition) is 7. The van der Waals surface area contributed by atoms with E-state index in [1.165, 1.54) is 6.07 Å². The summed E-state index contributed by atoms with van der Waals surface area (Å²) >= 11 is 0. The Morgan fingerprint density at radius 1 is 0.875 bits per heavy atom. The van der Waals surface area contributed by atoms with Crippen LogP contribution in [-0.4, -0.2) is 81.0 Å². The van der Waals surface area contributed by atoms with Crippen LogP contribution >= 0.6 is 0 Å². The van der Waals surface area contributed by atoms with E-state index in [9.17, 15) is 19.5 Å². The molecule has 4 rings (SSSR count). The molecule has 32 heavy (non-hydrogen) atoms. The zero-order chi connectivity index (χ0) is 22.9. The molecule has 0 atom stereocenters. The molecule has 0 aromatic heterocycles. The fourth-order valence-electron chi connectivity index (χ4n) is 3.64. The Hall–Kier alpha value is -3.27. The average Bonchev–Trinajstić information content (AvgIpc) is 3.57. The summed E-state index contributed by atoms with van der Waals surface area (Å²) in [5.41, 5.74) is 0.847. The van der Waals surface area contributed by atoms with Gasteiger partial charge in [-0.3, -0.25) is 9.59 Å². The van der Waals surface area contributed by atoms with Crippen molar-refractivity contribution in [1.29, 1.82) is 0 Å². The van der Waals surface area contributed by atoms with Gasteiger partial charge in [-0.2, -0.15) is 0 Å². The molecule has 1 aliphatic carbocycles. The van der Waals surface area contributed by atoms with Crippen LogP contribution in [0.4, 0.5) is 0 Å². The van der Waals surface area contributed by atoms with Gasteiger partial charge in [0.25, 0.3) is 18.1 Å².